The van der Waals surface area contributed by atoms with Gasteiger partial charge in [0, 0.05) is 21.2 Å². The van der Waals surface area contributed by atoms with Crippen LogP contribution in [0.4, 0.5) is 4.39 Å². The molecule has 0 saturated heterocycles. The smallest absolute Gasteiger partial charge is 0.274 e. The fourth-order valence-electron chi connectivity index (χ4n) is 3.82. The van der Waals surface area contributed by atoms with E-state index < -0.39 is 12.1 Å². The number of amides is 1. The number of carbonyl (C=O) groups excluding carboxylic acids is 1. The molecular formula is C25H21Cl2FN4O2. The maximum Gasteiger partial charge on any atom is 0.274 e. The predicted molar refractivity (Wildman–Crippen MR) is 129 cm³/mol. The second kappa shape index (κ2) is 9.24. The molecule has 1 fully saturated rings. The summed E-state index contributed by atoms with van der Waals surface area (Å²) in [6, 6.07) is 12.3. The second-order valence-electron chi connectivity index (χ2n) is 8.33. The Morgan fingerprint density at radius 3 is 2.82 bits per heavy atom. The number of nitrogens with one attached hydrogen (secondary N) is 1. The molecule has 1 aliphatic carbocycles. The first-order valence-electron chi connectivity index (χ1n) is 10.9. The summed E-state index contributed by atoms with van der Waals surface area (Å²) in [4.78, 5) is 17.6. The zero-order valence-corrected chi connectivity index (χ0v) is 19.8. The average molecular weight is 499 g/mol. The number of ether oxygens (including phenoxy) is 1. The number of aryl methyl sites for hydroxylation is 1. The molecule has 2 aromatic carbocycles. The van der Waals surface area contributed by atoms with Gasteiger partial charge in [0.25, 0.3) is 5.91 Å². The van der Waals surface area contributed by atoms with Crippen LogP contribution in [0.15, 0.2) is 54.9 Å². The Balaban J connectivity index is 1.42. The van der Waals surface area contributed by atoms with Crippen molar-refractivity contribution in [2.45, 2.75) is 31.9 Å². The number of alkyl halides is 1. The van der Waals surface area contributed by atoms with Gasteiger partial charge in [0.15, 0.2) is 17.1 Å². The molecule has 6 nitrogen and oxygen atoms in total. The summed E-state index contributed by atoms with van der Waals surface area (Å²) in [7, 11) is 0. The maximum absolute atomic E-state index is 14.9. The molecule has 2 aromatic heterocycles. The van der Waals surface area contributed by atoms with Gasteiger partial charge in [-0.25, -0.2) is 13.9 Å². The molecule has 1 N–H and O–H groups in total. The standard InChI is InChI=1S/C25H21Cl2FN4O2/c1-14-11-31-32-23(25(33)30-12-21(28)19-8-7-17(26)10-20(19)27)22(13-29-24(14)32)34-18-4-2-3-16(9-18)15-5-6-15/h2-4,7-11,13,15,21H,5-6,12H2,1H3,(H,30,33). The Hall–Kier alpha value is -3.16. The van der Waals surface area contributed by atoms with Gasteiger partial charge in [0.1, 0.15) is 11.9 Å². The molecule has 1 aliphatic rings. The highest BCUT2D eigenvalue weighted by atomic mass is 35.5. The van der Waals surface area contributed by atoms with Crippen molar-refractivity contribution in [3.05, 3.63) is 87.3 Å². The predicted octanol–water partition coefficient (Wildman–Crippen LogP) is 6.45. The third kappa shape index (κ3) is 4.58. The van der Waals surface area contributed by atoms with Crippen molar-refractivity contribution < 1.29 is 13.9 Å². The van der Waals surface area contributed by atoms with Crippen molar-refractivity contribution in [2.75, 3.05) is 6.54 Å². The van der Waals surface area contributed by atoms with Crippen LogP contribution in [0.1, 0.15) is 52.1 Å². The van der Waals surface area contributed by atoms with E-state index in [1.54, 1.807) is 12.3 Å². The van der Waals surface area contributed by atoms with Crippen molar-refractivity contribution in [3.8, 4) is 11.5 Å². The third-order valence-corrected chi connectivity index (χ3v) is 6.32. The zero-order valence-electron chi connectivity index (χ0n) is 18.3. The molecule has 34 heavy (non-hydrogen) atoms. The quantitative estimate of drug-likeness (QED) is 0.317. The van der Waals surface area contributed by atoms with Crippen molar-refractivity contribution in [3.63, 3.8) is 0 Å². The summed E-state index contributed by atoms with van der Waals surface area (Å²) in [5.41, 5.74) is 2.89. The van der Waals surface area contributed by atoms with Gasteiger partial charge < -0.3 is 10.1 Å². The Kier molecular flexibility index (Phi) is 6.15. The van der Waals surface area contributed by atoms with Crippen molar-refractivity contribution in [1.29, 1.82) is 0 Å². The second-order valence-corrected chi connectivity index (χ2v) is 9.17. The van der Waals surface area contributed by atoms with Gasteiger partial charge in [-0.15, -0.1) is 0 Å². The van der Waals surface area contributed by atoms with E-state index in [2.05, 4.69) is 21.5 Å². The van der Waals surface area contributed by atoms with Gasteiger partial charge in [-0.05, 0) is 55.5 Å². The van der Waals surface area contributed by atoms with Crippen molar-refractivity contribution in [1.82, 2.24) is 19.9 Å². The minimum Gasteiger partial charge on any atom is -0.453 e. The van der Waals surface area contributed by atoms with Gasteiger partial charge in [-0.2, -0.15) is 5.10 Å². The van der Waals surface area contributed by atoms with Crippen LogP contribution in [0.25, 0.3) is 5.65 Å². The summed E-state index contributed by atoms with van der Waals surface area (Å²) in [5.74, 6) is 0.833. The lowest BCUT2D eigenvalue weighted by molar-refractivity contribution is 0.0931. The summed E-state index contributed by atoms with van der Waals surface area (Å²) >= 11 is 12.0. The number of nitrogens with zero attached hydrogens (tertiary/aromatic N) is 3. The molecule has 0 spiro atoms. The fraction of sp³-hybridized carbons (Fsp3) is 0.240. The van der Waals surface area contributed by atoms with Crippen molar-refractivity contribution in [2.24, 2.45) is 0 Å². The largest absolute Gasteiger partial charge is 0.453 e. The van der Waals surface area contributed by atoms with E-state index in [9.17, 15) is 9.18 Å². The highest BCUT2D eigenvalue weighted by Gasteiger charge is 2.25. The third-order valence-electron chi connectivity index (χ3n) is 5.76. The van der Waals surface area contributed by atoms with Crippen LogP contribution in [-0.2, 0) is 0 Å². The van der Waals surface area contributed by atoms with Crippen LogP contribution >= 0.6 is 23.2 Å². The number of carbonyl (C=O) groups is 1. The molecule has 2 heterocycles. The van der Waals surface area contributed by atoms with E-state index >= 15 is 0 Å². The number of hydrogen-bond acceptors (Lipinski definition) is 4. The number of halogens is 3. The van der Waals surface area contributed by atoms with E-state index in [0.717, 1.165) is 5.56 Å². The average Bonchev–Trinajstić information content (AvgIpc) is 3.60. The highest BCUT2D eigenvalue weighted by Crippen LogP contribution is 2.41. The van der Waals surface area contributed by atoms with Gasteiger partial charge in [0.05, 0.1) is 18.9 Å². The molecule has 5 rings (SSSR count). The van der Waals surface area contributed by atoms with Crippen LogP contribution in [-0.4, -0.2) is 27.0 Å². The van der Waals surface area contributed by atoms with Crippen LogP contribution in [0.2, 0.25) is 10.0 Å². The molecule has 1 saturated carbocycles. The highest BCUT2D eigenvalue weighted by molar-refractivity contribution is 6.35. The Morgan fingerprint density at radius 2 is 2.06 bits per heavy atom. The van der Waals surface area contributed by atoms with Crippen molar-refractivity contribution >= 4 is 34.8 Å². The van der Waals surface area contributed by atoms with Crippen LogP contribution in [0, 0.1) is 6.92 Å². The number of hydrogen-bond donors (Lipinski definition) is 1. The van der Waals surface area contributed by atoms with Crippen LogP contribution < -0.4 is 10.1 Å². The minimum atomic E-state index is -1.52. The van der Waals surface area contributed by atoms with Crippen LogP contribution in [0.5, 0.6) is 11.5 Å². The lowest BCUT2D eigenvalue weighted by atomic mass is 10.1. The van der Waals surface area contributed by atoms with Gasteiger partial charge in [-0.1, -0.05) is 41.4 Å². The lowest BCUT2D eigenvalue weighted by Crippen LogP contribution is -2.29. The molecular weight excluding hydrogens is 478 g/mol. The zero-order chi connectivity index (χ0) is 23.8. The molecule has 174 valence electrons. The number of benzene rings is 2. The first-order valence-corrected chi connectivity index (χ1v) is 11.6. The van der Waals surface area contributed by atoms with Gasteiger partial charge >= 0.3 is 0 Å². The van der Waals surface area contributed by atoms with E-state index in [1.165, 1.54) is 41.3 Å². The van der Waals surface area contributed by atoms with E-state index in [4.69, 9.17) is 27.9 Å². The fourth-order valence-corrected chi connectivity index (χ4v) is 4.35. The molecule has 0 bridgehead atoms. The lowest BCUT2D eigenvalue weighted by Gasteiger charge is -2.15. The van der Waals surface area contributed by atoms with Gasteiger partial charge in [0.2, 0.25) is 0 Å². The normalized spacial score (nSPS) is 14.2. The van der Waals surface area contributed by atoms with E-state index in [1.807, 2.05) is 25.1 Å². The van der Waals surface area contributed by atoms with Gasteiger partial charge in [-0.3, -0.25) is 4.79 Å². The Labute approximate surface area is 205 Å². The molecule has 1 atom stereocenters. The first-order chi connectivity index (χ1) is 16.4. The molecule has 9 heteroatoms. The summed E-state index contributed by atoms with van der Waals surface area (Å²) in [6.45, 7) is 1.55. The summed E-state index contributed by atoms with van der Waals surface area (Å²) < 4.78 is 22.4. The maximum atomic E-state index is 14.9. The molecule has 0 aliphatic heterocycles. The molecule has 1 unspecified atom stereocenters. The SMILES string of the molecule is Cc1cnn2c(C(=O)NCC(F)c3ccc(Cl)cc3Cl)c(Oc3cccc(C4CC4)c3)cnc12. The molecule has 1 amide bonds. The minimum absolute atomic E-state index is 0.129. The molecule has 0 radical (unpaired) electrons. The number of rotatable bonds is 7. The number of fused-ring (bicyclic) bond motifs is 1. The van der Waals surface area contributed by atoms with E-state index in [-0.39, 0.29) is 28.6 Å². The van der Waals surface area contributed by atoms with Crippen LogP contribution in [0.3, 0.4) is 0 Å². The number of aromatic nitrogens is 3. The Bertz CT molecular complexity index is 1390. The molecule has 4 aromatic rings. The van der Waals surface area contributed by atoms with E-state index in [0.29, 0.717) is 22.3 Å². The topological polar surface area (TPSA) is 68.5 Å². The first kappa shape index (κ1) is 22.6. The Morgan fingerprint density at radius 1 is 1.24 bits per heavy atom. The monoisotopic (exact) mass is 498 g/mol. The summed E-state index contributed by atoms with van der Waals surface area (Å²) in [5, 5.41) is 7.53. The summed E-state index contributed by atoms with van der Waals surface area (Å²) in [6.07, 6.45) is 3.91.